The van der Waals surface area contributed by atoms with Crippen molar-refractivity contribution in [2.75, 3.05) is 14.2 Å². The molecule has 0 aliphatic carbocycles. The molecule has 0 saturated heterocycles. The second kappa shape index (κ2) is 5.04. The lowest BCUT2D eigenvalue weighted by Crippen LogP contribution is -2.42. The van der Waals surface area contributed by atoms with Crippen LogP contribution >= 0.6 is 0 Å². The first-order chi connectivity index (χ1) is 7.20. The summed E-state index contributed by atoms with van der Waals surface area (Å²) in [5, 5.41) is 2.05. The smallest absolute Gasteiger partial charge is 0.433 e. The maximum Gasteiger partial charge on any atom is 0.433 e. The molecule has 1 rings (SSSR count). The fraction of sp³-hybridized carbons (Fsp3) is 0.333. The molecular formula is C9H12N2O4. The number of hydrazine groups is 1. The largest absolute Gasteiger partial charge is 0.451 e. The topological polar surface area (TPSA) is 59.1 Å². The zero-order valence-corrected chi connectivity index (χ0v) is 8.54. The lowest BCUT2D eigenvalue weighted by atomic mass is 10.4. The van der Waals surface area contributed by atoms with Crippen molar-refractivity contribution in [3.8, 4) is 0 Å². The first-order valence-corrected chi connectivity index (χ1v) is 4.28. The number of hydrogen-bond donors (Lipinski definition) is 0. The molecule has 6 nitrogen and oxygen atoms in total. The van der Waals surface area contributed by atoms with E-state index in [1.165, 1.54) is 26.6 Å². The van der Waals surface area contributed by atoms with Gasteiger partial charge in [0.25, 0.3) is 0 Å². The van der Waals surface area contributed by atoms with E-state index in [2.05, 4.69) is 9.47 Å². The molecule has 0 aromatic carbocycles. The van der Waals surface area contributed by atoms with Crippen LogP contribution in [0.25, 0.3) is 0 Å². The van der Waals surface area contributed by atoms with E-state index in [4.69, 9.17) is 0 Å². The number of rotatable bonds is 0. The van der Waals surface area contributed by atoms with E-state index in [1.54, 1.807) is 12.2 Å². The van der Waals surface area contributed by atoms with Crippen molar-refractivity contribution < 1.29 is 19.1 Å². The summed E-state index contributed by atoms with van der Waals surface area (Å²) in [7, 11) is 2.47. The summed E-state index contributed by atoms with van der Waals surface area (Å²) in [4.78, 5) is 22.6. The van der Waals surface area contributed by atoms with Gasteiger partial charge >= 0.3 is 12.2 Å². The maximum absolute atomic E-state index is 11.3. The summed E-state index contributed by atoms with van der Waals surface area (Å²) in [5.41, 5.74) is 0. The second-order valence-corrected chi connectivity index (χ2v) is 2.63. The van der Waals surface area contributed by atoms with E-state index in [0.29, 0.717) is 6.42 Å². The van der Waals surface area contributed by atoms with E-state index in [1.807, 2.05) is 0 Å². The van der Waals surface area contributed by atoms with Gasteiger partial charge in [0.15, 0.2) is 0 Å². The van der Waals surface area contributed by atoms with Gasteiger partial charge < -0.3 is 9.47 Å². The second-order valence-electron chi connectivity index (χ2n) is 2.63. The average molecular weight is 212 g/mol. The molecule has 0 bridgehead atoms. The highest BCUT2D eigenvalue weighted by Gasteiger charge is 2.24. The van der Waals surface area contributed by atoms with Crippen LogP contribution in [0.4, 0.5) is 9.59 Å². The minimum absolute atomic E-state index is 0.626. The van der Waals surface area contributed by atoms with Crippen LogP contribution in [0.15, 0.2) is 24.6 Å². The van der Waals surface area contributed by atoms with Gasteiger partial charge in [0.1, 0.15) is 0 Å². The van der Waals surface area contributed by atoms with Gasteiger partial charge in [0, 0.05) is 12.4 Å². The number of allylic oxidation sites excluding steroid dienone is 2. The number of carbonyl (C=O) groups excluding carboxylic acids is 2. The minimum atomic E-state index is -0.664. The monoisotopic (exact) mass is 212 g/mol. The van der Waals surface area contributed by atoms with Gasteiger partial charge in [0.05, 0.1) is 14.2 Å². The van der Waals surface area contributed by atoms with Crippen molar-refractivity contribution in [3.05, 3.63) is 24.6 Å². The van der Waals surface area contributed by atoms with Crippen molar-refractivity contribution in [1.29, 1.82) is 0 Å². The molecule has 82 valence electrons. The normalized spacial score (nSPS) is 14.8. The van der Waals surface area contributed by atoms with Crippen LogP contribution < -0.4 is 0 Å². The lowest BCUT2D eigenvalue weighted by molar-refractivity contribution is 0.0448. The molecule has 2 amide bonds. The average Bonchev–Trinajstić information content (AvgIpc) is 2.52. The van der Waals surface area contributed by atoms with Crippen LogP contribution in [0.1, 0.15) is 6.42 Å². The third kappa shape index (κ3) is 2.49. The van der Waals surface area contributed by atoms with Crippen molar-refractivity contribution in [1.82, 2.24) is 10.0 Å². The summed E-state index contributed by atoms with van der Waals surface area (Å²) >= 11 is 0. The molecule has 0 radical (unpaired) electrons. The molecule has 15 heavy (non-hydrogen) atoms. The van der Waals surface area contributed by atoms with E-state index in [-0.39, 0.29) is 0 Å². The third-order valence-corrected chi connectivity index (χ3v) is 1.72. The van der Waals surface area contributed by atoms with E-state index < -0.39 is 12.2 Å². The summed E-state index contributed by atoms with van der Waals surface area (Å²) < 4.78 is 9.05. The Balaban J connectivity index is 2.91. The molecule has 0 fully saturated rings. The zero-order chi connectivity index (χ0) is 11.3. The van der Waals surface area contributed by atoms with Gasteiger partial charge in [0.2, 0.25) is 0 Å². The highest BCUT2D eigenvalue weighted by atomic mass is 16.6. The molecule has 1 heterocycles. The number of amides is 2. The van der Waals surface area contributed by atoms with Crippen LogP contribution in [0.2, 0.25) is 0 Å². The van der Waals surface area contributed by atoms with Crippen LogP contribution in [-0.4, -0.2) is 36.4 Å². The van der Waals surface area contributed by atoms with E-state index in [0.717, 1.165) is 10.0 Å². The predicted molar refractivity (Wildman–Crippen MR) is 51.4 cm³/mol. The van der Waals surface area contributed by atoms with Gasteiger partial charge in [-0.25, -0.2) is 9.59 Å². The van der Waals surface area contributed by atoms with Gasteiger partial charge in [-0.05, 0) is 6.42 Å². The van der Waals surface area contributed by atoms with Gasteiger partial charge in [-0.1, -0.05) is 12.2 Å². The van der Waals surface area contributed by atoms with Crippen LogP contribution in [0, 0.1) is 0 Å². The number of nitrogens with zero attached hydrogens (tertiary/aromatic N) is 2. The number of carbonyl (C=O) groups is 2. The number of ether oxygens (including phenoxy) is 2. The quantitative estimate of drug-likeness (QED) is 0.610. The molecule has 1 aliphatic rings. The Morgan fingerprint density at radius 2 is 1.40 bits per heavy atom. The van der Waals surface area contributed by atoms with Crippen molar-refractivity contribution in [2.45, 2.75) is 6.42 Å². The Hall–Kier alpha value is -1.98. The molecule has 0 atom stereocenters. The molecule has 0 N–H and O–H groups in total. The van der Waals surface area contributed by atoms with Gasteiger partial charge in [-0.15, -0.1) is 0 Å². The SMILES string of the molecule is COC(=O)N1C=CCC=CN1C(=O)OC. The molecule has 0 saturated carbocycles. The number of hydrogen-bond acceptors (Lipinski definition) is 4. The fourth-order valence-corrected chi connectivity index (χ4v) is 1.03. The molecule has 0 spiro atoms. The van der Waals surface area contributed by atoms with Crippen molar-refractivity contribution in [3.63, 3.8) is 0 Å². The van der Waals surface area contributed by atoms with E-state index >= 15 is 0 Å². The minimum Gasteiger partial charge on any atom is -0.451 e. The molecule has 0 aromatic heterocycles. The van der Waals surface area contributed by atoms with Crippen molar-refractivity contribution >= 4 is 12.2 Å². The van der Waals surface area contributed by atoms with Crippen molar-refractivity contribution in [2.24, 2.45) is 0 Å². The Labute approximate surface area is 87.3 Å². The predicted octanol–water partition coefficient (Wildman–Crippen LogP) is 1.47. The molecule has 1 aliphatic heterocycles. The standard InChI is InChI=1S/C9H12N2O4/c1-14-8(12)10-6-4-3-5-7-11(10)9(13)15-2/h4-7H,3H2,1-2H3. The Morgan fingerprint density at radius 3 is 1.73 bits per heavy atom. The first kappa shape index (κ1) is 11.1. The van der Waals surface area contributed by atoms with Gasteiger partial charge in [-0.3, -0.25) is 0 Å². The highest BCUT2D eigenvalue weighted by Crippen LogP contribution is 2.10. The lowest BCUT2D eigenvalue weighted by Gasteiger charge is -2.25. The summed E-state index contributed by atoms with van der Waals surface area (Å²) in [5.74, 6) is 0. The summed E-state index contributed by atoms with van der Waals surface area (Å²) in [6, 6.07) is 0. The summed E-state index contributed by atoms with van der Waals surface area (Å²) in [6.45, 7) is 0. The first-order valence-electron chi connectivity index (χ1n) is 4.28. The zero-order valence-electron chi connectivity index (χ0n) is 8.54. The van der Waals surface area contributed by atoms with Crippen LogP contribution in [0.5, 0.6) is 0 Å². The third-order valence-electron chi connectivity index (χ3n) is 1.72. The molecule has 6 heteroatoms. The Bertz CT molecular complexity index is 281. The maximum atomic E-state index is 11.3. The number of methoxy groups -OCH3 is 2. The fourth-order valence-electron chi connectivity index (χ4n) is 1.03. The van der Waals surface area contributed by atoms with Gasteiger partial charge in [-0.2, -0.15) is 10.0 Å². The van der Waals surface area contributed by atoms with Crippen LogP contribution in [0.3, 0.4) is 0 Å². The Morgan fingerprint density at radius 1 is 1.00 bits per heavy atom. The summed E-state index contributed by atoms with van der Waals surface area (Å²) in [6.07, 6.45) is 5.63. The van der Waals surface area contributed by atoms with E-state index in [9.17, 15) is 9.59 Å². The molecule has 0 unspecified atom stereocenters. The van der Waals surface area contributed by atoms with Crippen LogP contribution in [-0.2, 0) is 9.47 Å². The highest BCUT2D eigenvalue weighted by molar-refractivity contribution is 5.75. The molecule has 0 aromatic rings. The molecular weight excluding hydrogens is 200 g/mol. The Kier molecular flexibility index (Phi) is 3.73.